The molecule has 124 valence electrons. The van der Waals surface area contributed by atoms with Crippen molar-refractivity contribution in [1.29, 1.82) is 0 Å². The molecule has 0 amide bonds. The number of benzene rings is 2. The Labute approximate surface area is 142 Å². The van der Waals surface area contributed by atoms with Crippen molar-refractivity contribution < 1.29 is 14.3 Å². The summed E-state index contributed by atoms with van der Waals surface area (Å²) in [5.41, 5.74) is 0.648. The molecule has 0 saturated carbocycles. The molecular formula is C20H21NO3. The van der Waals surface area contributed by atoms with Crippen molar-refractivity contribution in [2.45, 2.75) is 19.3 Å². The molecule has 2 aromatic rings. The van der Waals surface area contributed by atoms with Gasteiger partial charge in [0.2, 0.25) is 0 Å². The van der Waals surface area contributed by atoms with Crippen LogP contribution in [0.25, 0.3) is 0 Å². The van der Waals surface area contributed by atoms with E-state index in [1.165, 1.54) is 0 Å². The van der Waals surface area contributed by atoms with Gasteiger partial charge in [-0.3, -0.25) is 0 Å². The van der Waals surface area contributed by atoms with Crippen LogP contribution in [0, 0.1) is 5.41 Å². The number of carbonyl (C=O) groups excluding carboxylic acids is 2. The number of nitrogens with zero attached hydrogens (tertiary/aromatic N) is 1. The number of carbonyl (C=O) groups is 2. The third-order valence-corrected chi connectivity index (χ3v) is 4.68. The topological polar surface area (TPSA) is 46.6 Å². The van der Waals surface area contributed by atoms with Gasteiger partial charge in [-0.1, -0.05) is 18.2 Å². The number of piperidine rings is 1. The highest BCUT2D eigenvalue weighted by Crippen LogP contribution is 2.34. The molecular weight excluding hydrogens is 302 g/mol. The van der Waals surface area contributed by atoms with Crippen molar-refractivity contribution in [3.8, 4) is 11.5 Å². The fourth-order valence-corrected chi connectivity index (χ4v) is 3.10. The number of hydrogen-bond donors (Lipinski definition) is 0. The molecule has 0 aromatic heterocycles. The minimum Gasteiger partial charge on any atom is -0.457 e. The third-order valence-electron chi connectivity index (χ3n) is 4.68. The Morgan fingerprint density at radius 3 is 2.12 bits per heavy atom. The first-order valence-electron chi connectivity index (χ1n) is 8.23. The van der Waals surface area contributed by atoms with Crippen LogP contribution in [0.1, 0.15) is 19.3 Å². The second-order valence-electron chi connectivity index (χ2n) is 6.25. The summed E-state index contributed by atoms with van der Waals surface area (Å²) in [5, 5.41) is 0. The van der Waals surface area contributed by atoms with Crippen molar-refractivity contribution in [3.63, 3.8) is 0 Å². The SMILES string of the molecule is O=CCC1(C=O)CCN(c2ccc(Oc3ccccc3)cc2)CC1. The summed E-state index contributed by atoms with van der Waals surface area (Å²) < 4.78 is 5.80. The predicted octanol–water partition coefficient (Wildman–Crippen LogP) is 3.85. The Balaban J connectivity index is 1.62. The van der Waals surface area contributed by atoms with Crippen molar-refractivity contribution in [1.82, 2.24) is 0 Å². The first-order valence-corrected chi connectivity index (χ1v) is 8.23. The quantitative estimate of drug-likeness (QED) is 0.758. The molecule has 0 N–H and O–H groups in total. The maximum Gasteiger partial charge on any atom is 0.127 e. The van der Waals surface area contributed by atoms with E-state index in [1.807, 2.05) is 54.6 Å². The lowest BCUT2D eigenvalue weighted by Gasteiger charge is -2.38. The highest BCUT2D eigenvalue weighted by atomic mass is 16.5. The van der Waals surface area contributed by atoms with E-state index in [0.29, 0.717) is 6.42 Å². The fourth-order valence-electron chi connectivity index (χ4n) is 3.10. The van der Waals surface area contributed by atoms with Crippen LogP contribution in [0.4, 0.5) is 5.69 Å². The molecule has 4 nitrogen and oxygen atoms in total. The van der Waals surface area contributed by atoms with Crippen molar-refractivity contribution in [2.24, 2.45) is 5.41 Å². The molecule has 3 rings (SSSR count). The molecule has 1 saturated heterocycles. The number of anilines is 1. The number of ether oxygens (including phenoxy) is 1. The van der Waals surface area contributed by atoms with E-state index in [-0.39, 0.29) is 0 Å². The molecule has 0 aliphatic carbocycles. The van der Waals surface area contributed by atoms with Crippen LogP contribution in [0.5, 0.6) is 11.5 Å². The Morgan fingerprint density at radius 1 is 0.917 bits per heavy atom. The smallest absolute Gasteiger partial charge is 0.127 e. The summed E-state index contributed by atoms with van der Waals surface area (Å²) in [6.45, 7) is 1.57. The zero-order chi connectivity index (χ0) is 16.8. The van der Waals surface area contributed by atoms with E-state index in [0.717, 1.165) is 55.7 Å². The second-order valence-corrected chi connectivity index (χ2v) is 6.25. The number of hydrogen-bond acceptors (Lipinski definition) is 4. The molecule has 24 heavy (non-hydrogen) atoms. The Bertz CT molecular complexity index is 674. The minimum atomic E-state index is -0.464. The Morgan fingerprint density at radius 2 is 1.54 bits per heavy atom. The van der Waals surface area contributed by atoms with Crippen molar-refractivity contribution in [3.05, 3.63) is 54.6 Å². The Kier molecular flexibility index (Phi) is 4.94. The summed E-state index contributed by atoms with van der Waals surface area (Å²) in [5.74, 6) is 1.61. The predicted molar refractivity (Wildman–Crippen MR) is 93.6 cm³/mol. The van der Waals surface area contributed by atoms with E-state index in [9.17, 15) is 9.59 Å². The minimum absolute atomic E-state index is 0.328. The maximum absolute atomic E-state index is 11.3. The van der Waals surface area contributed by atoms with E-state index in [2.05, 4.69) is 4.90 Å². The highest BCUT2D eigenvalue weighted by Gasteiger charge is 2.34. The second kappa shape index (κ2) is 7.30. The lowest BCUT2D eigenvalue weighted by atomic mass is 9.77. The van der Waals surface area contributed by atoms with Gasteiger partial charge in [0, 0.05) is 30.6 Å². The summed E-state index contributed by atoms with van der Waals surface area (Å²) in [6.07, 6.45) is 3.60. The van der Waals surface area contributed by atoms with Gasteiger partial charge in [-0.2, -0.15) is 0 Å². The summed E-state index contributed by atoms with van der Waals surface area (Å²) in [7, 11) is 0. The molecule has 2 aromatic carbocycles. The number of para-hydroxylation sites is 1. The van der Waals surface area contributed by atoms with E-state index >= 15 is 0 Å². The van der Waals surface area contributed by atoms with Gasteiger partial charge < -0.3 is 19.2 Å². The number of rotatable bonds is 6. The van der Waals surface area contributed by atoms with Crippen LogP contribution < -0.4 is 9.64 Å². The van der Waals surface area contributed by atoms with Crippen LogP contribution >= 0.6 is 0 Å². The first-order chi connectivity index (χ1) is 11.7. The molecule has 1 aliphatic rings. The Hall–Kier alpha value is -2.62. The molecule has 0 unspecified atom stereocenters. The van der Waals surface area contributed by atoms with Crippen LogP contribution in [0.15, 0.2) is 54.6 Å². The van der Waals surface area contributed by atoms with Crippen LogP contribution in [0.3, 0.4) is 0 Å². The first kappa shape index (κ1) is 16.2. The van der Waals surface area contributed by atoms with Gasteiger partial charge in [-0.25, -0.2) is 0 Å². The summed E-state index contributed by atoms with van der Waals surface area (Å²) in [4.78, 5) is 24.4. The van der Waals surface area contributed by atoms with Crippen LogP contribution in [-0.4, -0.2) is 25.7 Å². The summed E-state index contributed by atoms with van der Waals surface area (Å²) >= 11 is 0. The zero-order valence-corrected chi connectivity index (χ0v) is 13.6. The summed E-state index contributed by atoms with van der Waals surface area (Å²) in [6, 6.07) is 17.7. The molecule has 1 fully saturated rings. The molecule has 0 spiro atoms. The maximum atomic E-state index is 11.3. The molecule has 0 radical (unpaired) electrons. The van der Waals surface area contributed by atoms with Crippen LogP contribution in [0.2, 0.25) is 0 Å². The lowest BCUT2D eigenvalue weighted by Crippen LogP contribution is -2.41. The number of aldehydes is 2. The van der Waals surface area contributed by atoms with Gasteiger partial charge in [0.15, 0.2) is 0 Å². The van der Waals surface area contributed by atoms with Gasteiger partial charge in [0.05, 0.1) is 0 Å². The normalized spacial score (nSPS) is 16.4. The average Bonchev–Trinajstić information content (AvgIpc) is 2.64. The standard InChI is InChI=1S/C20H21NO3/c22-15-12-20(16-23)10-13-21(14-11-20)17-6-8-19(9-7-17)24-18-4-2-1-3-5-18/h1-9,15-16H,10-14H2. The van der Waals surface area contributed by atoms with Gasteiger partial charge in [0.25, 0.3) is 0 Å². The molecule has 4 heteroatoms. The molecule has 1 heterocycles. The van der Waals surface area contributed by atoms with Gasteiger partial charge in [0.1, 0.15) is 24.1 Å². The molecule has 1 aliphatic heterocycles. The van der Waals surface area contributed by atoms with Crippen molar-refractivity contribution in [2.75, 3.05) is 18.0 Å². The monoisotopic (exact) mass is 323 g/mol. The van der Waals surface area contributed by atoms with Crippen molar-refractivity contribution >= 4 is 18.3 Å². The van der Waals surface area contributed by atoms with Gasteiger partial charge in [-0.05, 0) is 49.2 Å². The average molecular weight is 323 g/mol. The zero-order valence-electron chi connectivity index (χ0n) is 13.6. The highest BCUT2D eigenvalue weighted by molar-refractivity contribution is 5.67. The van der Waals surface area contributed by atoms with Gasteiger partial charge in [-0.15, -0.1) is 0 Å². The van der Waals surface area contributed by atoms with E-state index < -0.39 is 5.41 Å². The van der Waals surface area contributed by atoms with Crippen LogP contribution in [-0.2, 0) is 9.59 Å². The fraction of sp³-hybridized carbons (Fsp3) is 0.300. The van der Waals surface area contributed by atoms with Gasteiger partial charge >= 0.3 is 0 Å². The largest absolute Gasteiger partial charge is 0.457 e. The van der Waals surface area contributed by atoms with E-state index in [4.69, 9.17) is 4.74 Å². The van der Waals surface area contributed by atoms with E-state index in [1.54, 1.807) is 0 Å². The lowest BCUT2D eigenvalue weighted by molar-refractivity contribution is -0.121. The molecule has 0 bridgehead atoms. The third kappa shape index (κ3) is 3.65. The molecule has 0 atom stereocenters.